The van der Waals surface area contributed by atoms with Crippen molar-refractivity contribution in [1.82, 2.24) is 10.6 Å². The second-order valence-corrected chi connectivity index (χ2v) is 5.78. The van der Waals surface area contributed by atoms with E-state index in [1.807, 2.05) is 18.2 Å². The maximum absolute atomic E-state index is 11.6. The van der Waals surface area contributed by atoms with E-state index in [9.17, 15) is 24.5 Å². The van der Waals surface area contributed by atoms with Crippen molar-refractivity contribution in [2.75, 3.05) is 13.1 Å². The fraction of sp³-hybridized carbons (Fsp3) is 0.211. The Morgan fingerprint density at radius 1 is 0.828 bits per heavy atom. The molecule has 2 amide bonds. The Bertz CT molecular complexity index is 854. The lowest BCUT2D eigenvalue weighted by molar-refractivity contribution is -0.384. The van der Waals surface area contributed by atoms with Crippen LogP contribution < -0.4 is 10.6 Å². The zero-order valence-corrected chi connectivity index (χ0v) is 15.3. The Hall–Kier alpha value is -3.95. The highest BCUT2D eigenvalue weighted by atomic mass is 16.6. The molecule has 0 saturated carbocycles. The summed E-state index contributed by atoms with van der Waals surface area (Å²) in [7, 11) is 0. The first-order valence-electron chi connectivity index (χ1n) is 8.54. The summed E-state index contributed by atoms with van der Waals surface area (Å²) in [6, 6.07) is 14.6. The second kappa shape index (κ2) is 11.0. The van der Waals surface area contributed by atoms with Crippen molar-refractivity contribution in [3.05, 3.63) is 75.8 Å². The van der Waals surface area contributed by atoms with Gasteiger partial charge in [0.2, 0.25) is 5.91 Å². The summed E-state index contributed by atoms with van der Waals surface area (Å²) in [6.07, 6.45) is -0.759. The van der Waals surface area contributed by atoms with Crippen LogP contribution in [0.2, 0.25) is 0 Å². The number of nitrogens with one attached hydrogen (secondary N) is 2. The number of alkyl carbamates (subject to hydrolysis) is 1. The highest BCUT2D eigenvalue weighted by Crippen LogP contribution is 2.12. The normalized spacial score (nSPS) is 9.93. The molecular weight excluding hydrogens is 382 g/mol. The van der Waals surface area contributed by atoms with Crippen LogP contribution in [0.3, 0.4) is 0 Å². The van der Waals surface area contributed by atoms with E-state index in [0.29, 0.717) is 5.56 Å². The molecule has 0 spiro atoms. The fourth-order valence-corrected chi connectivity index (χ4v) is 2.09. The molecule has 2 rings (SSSR count). The number of hydrogen-bond donors (Lipinski definition) is 2. The third-order valence-electron chi connectivity index (χ3n) is 3.58. The smallest absolute Gasteiger partial charge is 0.407 e. The van der Waals surface area contributed by atoms with Gasteiger partial charge in [-0.25, -0.2) is 4.79 Å². The van der Waals surface area contributed by atoms with Gasteiger partial charge in [-0.3, -0.25) is 19.7 Å². The Kier molecular flexibility index (Phi) is 8.11. The number of amides is 2. The van der Waals surface area contributed by atoms with E-state index < -0.39 is 22.9 Å². The molecule has 0 unspecified atom stereocenters. The van der Waals surface area contributed by atoms with Gasteiger partial charge in [0.25, 0.3) is 5.69 Å². The zero-order valence-electron chi connectivity index (χ0n) is 15.3. The molecule has 29 heavy (non-hydrogen) atoms. The summed E-state index contributed by atoms with van der Waals surface area (Å²) in [5.74, 6) is -1.28. The third kappa shape index (κ3) is 8.08. The predicted octanol–water partition coefficient (Wildman–Crippen LogP) is 1.68. The van der Waals surface area contributed by atoms with Gasteiger partial charge >= 0.3 is 12.1 Å². The van der Waals surface area contributed by atoms with Crippen molar-refractivity contribution in [2.45, 2.75) is 13.2 Å². The van der Waals surface area contributed by atoms with Gasteiger partial charge in [-0.05, 0) is 23.3 Å². The molecule has 2 aromatic carbocycles. The molecule has 2 N–H and O–H groups in total. The summed E-state index contributed by atoms with van der Waals surface area (Å²) < 4.78 is 9.91. The van der Waals surface area contributed by atoms with Gasteiger partial charge in [-0.1, -0.05) is 30.3 Å². The number of non-ortho nitro benzene ring substituents is 1. The lowest BCUT2D eigenvalue weighted by Crippen LogP contribution is -2.39. The quantitative estimate of drug-likeness (QED) is 0.370. The number of carbonyl (C=O) groups is 3. The van der Waals surface area contributed by atoms with Crippen molar-refractivity contribution in [3.8, 4) is 0 Å². The Morgan fingerprint density at radius 3 is 2.10 bits per heavy atom. The van der Waals surface area contributed by atoms with E-state index in [4.69, 9.17) is 9.47 Å². The van der Waals surface area contributed by atoms with Gasteiger partial charge < -0.3 is 20.1 Å². The third-order valence-corrected chi connectivity index (χ3v) is 3.58. The van der Waals surface area contributed by atoms with Gasteiger partial charge in [0.1, 0.15) is 26.3 Å². The van der Waals surface area contributed by atoms with Gasteiger partial charge in [0.15, 0.2) is 0 Å². The number of ether oxygens (including phenoxy) is 2. The van der Waals surface area contributed by atoms with E-state index in [1.54, 1.807) is 12.1 Å². The van der Waals surface area contributed by atoms with E-state index in [1.165, 1.54) is 24.3 Å². The molecule has 0 aliphatic rings. The monoisotopic (exact) mass is 401 g/mol. The molecule has 0 aliphatic carbocycles. The van der Waals surface area contributed by atoms with Crippen LogP contribution in [0.5, 0.6) is 0 Å². The Morgan fingerprint density at radius 2 is 1.45 bits per heavy atom. The number of nitro groups is 1. The van der Waals surface area contributed by atoms with E-state index >= 15 is 0 Å². The molecule has 0 fully saturated rings. The number of rotatable bonds is 9. The molecule has 0 bridgehead atoms. The Balaban J connectivity index is 1.59. The molecular formula is C19H19N3O7. The molecule has 2 aromatic rings. The van der Waals surface area contributed by atoms with Crippen LogP contribution in [0.15, 0.2) is 54.6 Å². The molecule has 0 aliphatic heterocycles. The standard InChI is InChI=1S/C19H19N3O7/c23-17(10-21-19(25)29-13-14-4-2-1-3-5-14)20-11-18(24)28-12-15-6-8-16(9-7-15)22(26)27/h1-9H,10-13H2,(H,20,23)(H,21,25). The number of carbonyl (C=O) groups excluding carboxylic acids is 3. The maximum Gasteiger partial charge on any atom is 0.407 e. The van der Waals surface area contributed by atoms with Crippen LogP contribution in [0.25, 0.3) is 0 Å². The van der Waals surface area contributed by atoms with E-state index in [-0.39, 0.29) is 32.0 Å². The predicted molar refractivity (Wildman–Crippen MR) is 101 cm³/mol. The van der Waals surface area contributed by atoms with Crippen molar-refractivity contribution >= 4 is 23.7 Å². The number of benzene rings is 2. The van der Waals surface area contributed by atoms with Gasteiger partial charge in [0.05, 0.1) is 4.92 Å². The molecule has 0 radical (unpaired) electrons. The SMILES string of the molecule is O=C(CNC(=O)OCc1ccccc1)NCC(=O)OCc1ccc([N+](=O)[O-])cc1. The molecule has 0 saturated heterocycles. The number of esters is 1. The fourth-order valence-electron chi connectivity index (χ4n) is 2.09. The average molecular weight is 401 g/mol. The van der Waals surface area contributed by atoms with Crippen molar-refractivity contribution in [3.63, 3.8) is 0 Å². The van der Waals surface area contributed by atoms with Gasteiger partial charge in [-0.15, -0.1) is 0 Å². The van der Waals surface area contributed by atoms with E-state index in [0.717, 1.165) is 5.56 Å². The van der Waals surface area contributed by atoms with Crippen molar-refractivity contribution in [2.24, 2.45) is 0 Å². The van der Waals surface area contributed by atoms with Crippen LogP contribution in [0.1, 0.15) is 11.1 Å². The summed E-state index contributed by atoms with van der Waals surface area (Å²) in [6.45, 7) is -0.754. The second-order valence-electron chi connectivity index (χ2n) is 5.78. The summed E-state index contributed by atoms with van der Waals surface area (Å²) in [4.78, 5) is 44.9. The van der Waals surface area contributed by atoms with Crippen LogP contribution in [-0.2, 0) is 32.3 Å². The first-order chi connectivity index (χ1) is 13.9. The summed E-state index contributed by atoms with van der Waals surface area (Å²) >= 11 is 0. The minimum Gasteiger partial charge on any atom is -0.460 e. The highest BCUT2D eigenvalue weighted by molar-refractivity contribution is 5.85. The van der Waals surface area contributed by atoms with Crippen LogP contribution in [-0.4, -0.2) is 36.0 Å². The molecule has 0 heterocycles. The van der Waals surface area contributed by atoms with Gasteiger partial charge in [-0.2, -0.15) is 0 Å². The first-order valence-corrected chi connectivity index (χ1v) is 8.54. The van der Waals surface area contributed by atoms with Crippen LogP contribution in [0, 0.1) is 10.1 Å². The highest BCUT2D eigenvalue weighted by Gasteiger charge is 2.10. The summed E-state index contributed by atoms with van der Waals surface area (Å²) in [5, 5.41) is 15.1. The topological polar surface area (TPSA) is 137 Å². The number of hydrogen-bond acceptors (Lipinski definition) is 7. The lowest BCUT2D eigenvalue weighted by Gasteiger charge is -2.08. The molecule has 10 nitrogen and oxygen atoms in total. The molecule has 0 aromatic heterocycles. The lowest BCUT2D eigenvalue weighted by atomic mass is 10.2. The van der Waals surface area contributed by atoms with E-state index in [2.05, 4.69) is 10.6 Å². The first kappa shape index (κ1) is 21.4. The minimum atomic E-state index is -0.759. The largest absolute Gasteiger partial charge is 0.460 e. The molecule has 0 atom stereocenters. The minimum absolute atomic E-state index is 0.0675. The van der Waals surface area contributed by atoms with Crippen molar-refractivity contribution in [1.29, 1.82) is 0 Å². The van der Waals surface area contributed by atoms with Crippen molar-refractivity contribution < 1.29 is 28.8 Å². The number of nitro benzene ring substituents is 1. The Labute approximate surface area is 166 Å². The summed E-state index contributed by atoms with van der Waals surface area (Å²) in [5.41, 5.74) is 1.31. The maximum atomic E-state index is 11.6. The van der Waals surface area contributed by atoms with Crippen LogP contribution >= 0.6 is 0 Å². The zero-order chi connectivity index (χ0) is 21.1. The molecule has 10 heteroatoms. The molecule has 152 valence electrons. The van der Waals surface area contributed by atoms with Gasteiger partial charge in [0, 0.05) is 12.1 Å². The number of nitrogens with zero attached hydrogens (tertiary/aromatic N) is 1. The van der Waals surface area contributed by atoms with Crippen LogP contribution in [0.4, 0.5) is 10.5 Å². The average Bonchev–Trinajstić information content (AvgIpc) is 2.74.